The van der Waals surface area contributed by atoms with Crippen LogP contribution in [0.15, 0.2) is 18.2 Å². The van der Waals surface area contributed by atoms with Gasteiger partial charge in [0.15, 0.2) is 11.6 Å². The number of hydrogen-bond acceptors (Lipinski definition) is 1. The second-order valence-corrected chi connectivity index (χ2v) is 4.34. The molecule has 0 spiro atoms. The SMILES string of the molecule is CC(C)c1cc2cc(F)c(F)cc2nc1Cl. The predicted molar refractivity (Wildman–Crippen MR) is 60.8 cm³/mol. The number of hydrogen-bond donors (Lipinski definition) is 0. The average Bonchev–Trinajstić information content (AvgIpc) is 2.19. The quantitative estimate of drug-likeness (QED) is 0.679. The highest BCUT2D eigenvalue weighted by atomic mass is 35.5. The summed E-state index contributed by atoms with van der Waals surface area (Å²) in [5.74, 6) is -1.59. The molecule has 84 valence electrons. The van der Waals surface area contributed by atoms with Crippen LogP contribution in [-0.2, 0) is 0 Å². The van der Waals surface area contributed by atoms with Gasteiger partial charge in [-0.3, -0.25) is 0 Å². The Labute approximate surface area is 97.1 Å². The number of benzene rings is 1. The largest absolute Gasteiger partial charge is 0.236 e. The summed E-state index contributed by atoms with van der Waals surface area (Å²) in [7, 11) is 0. The summed E-state index contributed by atoms with van der Waals surface area (Å²) in [5.41, 5.74) is 1.20. The van der Waals surface area contributed by atoms with Gasteiger partial charge in [-0.1, -0.05) is 25.4 Å². The molecule has 0 saturated carbocycles. The molecule has 0 aliphatic rings. The molecule has 0 N–H and O–H groups in total. The Kier molecular flexibility index (Phi) is 2.80. The predicted octanol–water partition coefficient (Wildman–Crippen LogP) is 4.29. The Morgan fingerprint density at radius 1 is 1.12 bits per heavy atom. The molecule has 0 bridgehead atoms. The van der Waals surface area contributed by atoms with Crippen molar-refractivity contribution in [1.82, 2.24) is 4.98 Å². The minimum Gasteiger partial charge on any atom is -0.236 e. The third kappa shape index (κ3) is 1.87. The van der Waals surface area contributed by atoms with Crippen LogP contribution in [0, 0.1) is 11.6 Å². The maximum atomic E-state index is 13.0. The lowest BCUT2D eigenvalue weighted by atomic mass is 10.0. The molecule has 0 unspecified atom stereocenters. The standard InChI is InChI=1S/C12H10ClF2N/c1-6(2)8-3-7-4-9(14)10(15)5-11(7)16-12(8)13/h3-6H,1-2H3. The van der Waals surface area contributed by atoms with Gasteiger partial charge in [-0.15, -0.1) is 0 Å². The van der Waals surface area contributed by atoms with E-state index < -0.39 is 11.6 Å². The molecule has 2 rings (SSSR count). The van der Waals surface area contributed by atoms with Crippen LogP contribution < -0.4 is 0 Å². The highest BCUT2D eigenvalue weighted by Gasteiger charge is 2.11. The lowest BCUT2D eigenvalue weighted by Crippen LogP contribution is -1.94. The maximum absolute atomic E-state index is 13.0. The molecule has 0 fully saturated rings. The maximum Gasteiger partial charge on any atom is 0.161 e. The minimum atomic E-state index is -0.909. The zero-order valence-corrected chi connectivity index (χ0v) is 9.65. The van der Waals surface area contributed by atoms with Gasteiger partial charge in [-0.05, 0) is 23.6 Å². The van der Waals surface area contributed by atoms with Crippen LogP contribution in [0.5, 0.6) is 0 Å². The van der Waals surface area contributed by atoms with Gasteiger partial charge in [-0.25, -0.2) is 13.8 Å². The van der Waals surface area contributed by atoms with E-state index in [-0.39, 0.29) is 5.92 Å². The number of pyridine rings is 1. The van der Waals surface area contributed by atoms with Crippen molar-refractivity contribution in [1.29, 1.82) is 0 Å². The third-order valence-electron chi connectivity index (χ3n) is 2.46. The van der Waals surface area contributed by atoms with Gasteiger partial charge < -0.3 is 0 Å². The van der Waals surface area contributed by atoms with Crippen molar-refractivity contribution in [2.75, 3.05) is 0 Å². The molecule has 16 heavy (non-hydrogen) atoms. The van der Waals surface area contributed by atoms with Crippen LogP contribution in [0.1, 0.15) is 25.3 Å². The van der Waals surface area contributed by atoms with Crippen molar-refractivity contribution < 1.29 is 8.78 Å². The molecule has 2 aromatic rings. The molecule has 1 aromatic heterocycles. The molecule has 0 radical (unpaired) electrons. The second-order valence-electron chi connectivity index (χ2n) is 3.98. The number of fused-ring (bicyclic) bond motifs is 1. The zero-order chi connectivity index (χ0) is 11.9. The smallest absolute Gasteiger partial charge is 0.161 e. The summed E-state index contributed by atoms with van der Waals surface area (Å²) in [4.78, 5) is 4.06. The first-order valence-electron chi connectivity index (χ1n) is 4.94. The molecule has 0 aliphatic carbocycles. The van der Waals surface area contributed by atoms with E-state index in [0.29, 0.717) is 16.1 Å². The van der Waals surface area contributed by atoms with E-state index in [1.807, 2.05) is 13.8 Å². The Bertz CT molecular complexity index is 552. The first kappa shape index (κ1) is 11.3. The molecule has 1 aromatic carbocycles. The Balaban J connectivity index is 2.74. The van der Waals surface area contributed by atoms with E-state index in [1.54, 1.807) is 6.07 Å². The summed E-state index contributed by atoms with van der Waals surface area (Å²) < 4.78 is 26.0. The highest BCUT2D eigenvalue weighted by Crippen LogP contribution is 2.27. The van der Waals surface area contributed by atoms with E-state index in [0.717, 1.165) is 17.7 Å². The number of nitrogens with zero attached hydrogens (tertiary/aromatic N) is 1. The molecule has 1 nitrogen and oxygen atoms in total. The van der Waals surface area contributed by atoms with Crippen molar-refractivity contribution in [3.63, 3.8) is 0 Å². The highest BCUT2D eigenvalue weighted by molar-refractivity contribution is 6.30. The topological polar surface area (TPSA) is 12.9 Å². The van der Waals surface area contributed by atoms with Crippen LogP contribution >= 0.6 is 11.6 Å². The monoisotopic (exact) mass is 241 g/mol. The van der Waals surface area contributed by atoms with Crippen molar-refractivity contribution in [3.05, 3.63) is 40.6 Å². The van der Waals surface area contributed by atoms with E-state index in [9.17, 15) is 8.78 Å². The van der Waals surface area contributed by atoms with Crippen molar-refractivity contribution in [2.45, 2.75) is 19.8 Å². The molecule has 0 atom stereocenters. The van der Waals surface area contributed by atoms with E-state index >= 15 is 0 Å². The fraction of sp³-hybridized carbons (Fsp3) is 0.250. The van der Waals surface area contributed by atoms with E-state index in [4.69, 9.17) is 11.6 Å². The van der Waals surface area contributed by atoms with Crippen molar-refractivity contribution in [2.24, 2.45) is 0 Å². The molecule has 0 saturated heterocycles. The first-order valence-corrected chi connectivity index (χ1v) is 5.32. The fourth-order valence-electron chi connectivity index (χ4n) is 1.57. The number of rotatable bonds is 1. The van der Waals surface area contributed by atoms with Crippen molar-refractivity contribution >= 4 is 22.5 Å². The van der Waals surface area contributed by atoms with Crippen LogP contribution in [-0.4, -0.2) is 4.98 Å². The fourth-order valence-corrected chi connectivity index (χ4v) is 1.93. The molecular formula is C12H10ClF2N. The lowest BCUT2D eigenvalue weighted by Gasteiger charge is -2.09. The van der Waals surface area contributed by atoms with Gasteiger partial charge >= 0.3 is 0 Å². The third-order valence-corrected chi connectivity index (χ3v) is 2.76. The summed E-state index contributed by atoms with van der Waals surface area (Å²) in [6.07, 6.45) is 0. The molecule has 4 heteroatoms. The van der Waals surface area contributed by atoms with Crippen molar-refractivity contribution in [3.8, 4) is 0 Å². The summed E-state index contributed by atoms with van der Waals surface area (Å²) >= 11 is 5.96. The molecule has 0 aliphatic heterocycles. The van der Waals surface area contributed by atoms with Gasteiger partial charge in [-0.2, -0.15) is 0 Å². The second kappa shape index (κ2) is 3.98. The van der Waals surface area contributed by atoms with E-state index in [2.05, 4.69) is 4.98 Å². The molecular weight excluding hydrogens is 232 g/mol. The molecule has 0 amide bonds. The van der Waals surface area contributed by atoms with Gasteiger partial charge in [0.05, 0.1) is 5.52 Å². The summed E-state index contributed by atoms with van der Waals surface area (Å²) in [5, 5.41) is 0.903. The van der Waals surface area contributed by atoms with Crippen LogP contribution in [0.25, 0.3) is 10.9 Å². The lowest BCUT2D eigenvalue weighted by molar-refractivity contribution is 0.510. The van der Waals surface area contributed by atoms with Gasteiger partial charge in [0.25, 0.3) is 0 Å². The van der Waals surface area contributed by atoms with Crippen LogP contribution in [0.4, 0.5) is 8.78 Å². The number of aromatic nitrogens is 1. The van der Waals surface area contributed by atoms with E-state index in [1.165, 1.54) is 0 Å². The van der Waals surface area contributed by atoms with Crippen LogP contribution in [0.2, 0.25) is 5.15 Å². The van der Waals surface area contributed by atoms with Gasteiger partial charge in [0.1, 0.15) is 5.15 Å². The summed E-state index contributed by atoms with van der Waals surface area (Å²) in [6, 6.07) is 3.94. The Hall–Kier alpha value is -1.22. The Morgan fingerprint density at radius 3 is 2.38 bits per heavy atom. The zero-order valence-electron chi connectivity index (χ0n) is 8.89. The minimum absolute atomic E-state index is 0.192. The average molecular weight is 242 g/mol. The first-order chi connectivity index (χ1) is 7.49. The molecule has 1 heterocycles. The van der Waals surface area contributed by atoms with Gasteiger partial charge in [0.2, 0.25) is 0 Å². The number of halogens is 3. The summed E-state index contributed by atoms with van der Waals surface area (Å²) in [6.45, 7) is 3.93. The normalized spacial score (nSPS) is 11.4. The Morgan fingerprint density at radius 2 is 1.75 bits per heavy atom. The van der Waals surface area contributed by atoms with Gasteiger partial charge in [0, 0.05) is 11.5 Å². The van der Waals surface area contributed by atoms with Crippen LogP contribution in [0.3, 0.4) is 0 Å².